The van der Waals surface area contributed by atoms with Crippen LogP contribution in [0.5, 0.6) is 0 Å². The summed E-state index contributed by atoms with van der Waals surface area (Å²) in [4.78, 5) is 28.3. The molecule has 3 aromatic rings. The van der Waals surface area contributed by atoms with E-state index in [1.54, 1.807) is 23.8 Å². The smallest absolute Gasteiger partial charge is 0.276 e. The van der Waals surface area contributed by atoms with Crippen LogP contribution in [-0.2, 0) is 11.3 Å². The first kappa shape index (κ1) is 22.7. The van der Waals surface area contributed by atoms with Gasteiger partial charge in [-0.1, -0.05) is 42.6 Å². The Morgan fingerprint density at radius 1 is 1.13 bits per heavy atom. The fourth-order valence-corrected chi connectivity index (χ4v) is 3.66. The van der Waals surface area contributed by atoms with Crippen molar-refractivity contribution in [3.05, 3.63) is 70.6 Å². The second-order valence-electron chi connectivity index (χ2n) is 8.77. The van der Waals surface area contributed by atoms with E-state index in [1.165, 1.54) is 4.90 Å². The molecule has 0 radical (unpaired) electrons. The van der Waals surface area contributed by atoms with Gasteiger partial charge in [0.15, 0.2) is 5.69 Å². The van der Waals surface area contributed by atoms with Crippen LogP contribution in [0.25, 0.3) is 0 Å². The second-order valence-corrected chi connectivity index (χ2v) is 9.38. The average Bonchev–Trinajstić information content (AvgIpc) is 3.40. The Morgan fingerprint density at radius 2 is 1.81 bits per heavy atom. The molecule has 2 aromatic heterocycles. The number of carbonyl (C=O) groups excluding carboxylic acids is 2. The number of aromatic nitrogens is 2. The molecule has 2 heterocycles. The molecule has 1 atom stereocenters. The number of rotatable bonds is 7. The third kappa shape index (κ3) is 5.79. The normalized spacial score (nSPS) is 12.6. The molecule has 0 bridgehead atoms. The van der Waals surface area contributed by atoms with E-state index in [0.717, 1.165) is 17.1 Å². The molecule has 3 rings (SSSR count). The summed E-state index contributed by atoms with van der Waals surface area (Å²) in [6, 6.07) is 10.5. The van der Waals surface area contributed by atoms with Gasteiger partial charge in [0.2, 0.25) is 5.91 Å². The summed E-state index contributed by atoms with van der Waals surface area (Å²) in [5.41, 5.74) is 1.61. The zero-order valence-electron chi connectivity index (χ0n) is 18.5. The fourth-order valence-electron chi connectivity index (χ4n) is 3.23. The van der Waals surface area contributed by atoms with Crippen LogP contribution >= 0.6 is 11.5 Å². The van der Waals surface area contributed by atoms with Gasteiger partial charge in [-0.3, -0.25) is 9.59 Å². The van der Waals surface area contributed by atoms with Gasteiger partial charge in [-0.2, -0.15) is 0 Å². The number of benzene rings is 1. The lowest BCUT2D eigenvalue weighted by Crippen LogP contribution is -2.49. The van der Waals surface area contributed by atoms with Gasteiger partial charge in [0.25, 0.3) is 5.91 Å². The minimum atomic E-state index is -0.861. The van der Waals surface area contributed by atoms with Crippen molar-refractivity contribution in [2.45, 2.75) is 58.7 Å². The summed E-state index contributed by atoms with van der Waals surface area (Å²) >= 11 is 1.09. The third-order valence-corrected chi connectivity index (χ3v) is 5.23. The van der Waals surface area contributed by atoms with E-state index in [4.69, 9.17) is 4.42 Å². The number of amides is 2. The molecule has 0 saturated heterocycles. The molecule has 0 fully saturated rings. The maximum atomic E-state index is 13.5. The van der Waals surface area contributed by atoms with Crippen LogP contribution in [0.2, 0.25) is 0 Å². The zero-order chi connectivity index (χ0) is 22.6. The standard InChI is InChI=1S/C23H28N4O3S/c1-15(2)16-8-10-17(11-9-16)20(21(28)24-23(3,4)5)27(13-18-7-6-12-30-18)22(29)19-14-31-26-25-19/h6-12,14-15,20H,13H2,1-5H3,(H,24,28)/t20-/m1/s1. The van der Waals surface area contributed by atoms with E-state index in [9.17, 15) is 9.59 Å². The Bertz CT molecular complexity index is 991. The van der Waals surface area contributed by atoms with E-state index in [1.807, 2.05) is 45.0 Å². The summed E-state index contributed by atoms with van der Waals surface area (Å²) in [5, 5.41) is 8.53. The highest BCUT2D eigenvalue weighted by molar-refractivity contribution is 7.03. The monoisotopic (exact) mass is 440 g/mol. The number of hydrogen-bond donors (Lipinski definition) is 1. The molecule has 0 unspecified atom stereocenters. The molecule has 164 valence electrons. The van der Waals surface area contributed by atoms with Crippen molar-refractivity contribution in [3.63, 3.8) is 0 Å². The number of carbonyl (C=O) groups is 2. The van der Waals surface area contributed by atoms with E-state index in [0.29, 0.717) is 17.2 Å². The van der Waals surface area contributed by atoms with Gasteiger partial charge in [0, 0.05) is 10.9 Å². The Balaban J connectivity index is 2.06. The van der Waals surface area contributed by atoms with Gasteiger partial charge in [-0.25, -0.2) is 0 Å². The van der Waals surface area contributed by atoms with E-state index in [2.05, 4.69) is 28.8 Å². The lowest BCUT2D eigenvalue weighted by molar-refractivity contribution is -0.127. The number of nitrogens with one attached hydrogen (secondary N) is 1. The first-order chi connectivity index (χ1) is 14.7. The van der Waals surface area contributed by atoms with Crippen LogP contribution in [0.1, 0.15) is 74.0 Å². The Kier molecular flexibility index (Phi) is 6.90. The van der Waals surface area contributed by atoms with Crippen LogP contribution in [0, 0.1) is 0 Å². The molecule has 8 heteroatoms. The number of hydrogen-bond acceptors (Lipinski definition) is 6. The van der Waals surface area contributed by atoms with Crippen molar-refractivity contribution in [2.75, 3.05) is 0 Å². The zero-order valence-corrected chi connectivity index (χ0v) is 19.3. The third-order valence-electron chi connectivity index (χ3n) is 4.72. The van der Waals surface area contributed by atoms with E-state index in [-0.39, 0.29) is 24.1 Å². The number of furan rings is 1. The first-order valence-corrected chi connectivity index (χ1v) is 11.0. The lowest BCUT2D eigenvalue weighted by atomic mass is 9.96. The summed E-state index contributed by atoms with van der Waals surface area (Å²) in [6.07, 6.45) is 1.55. The second kappa shape index (κ2) is 9.43. The molecule has 0 saturated carbocycles. The molecule has 31 heavy (non-hydrogen) atoms. The molecular formula is C23H28N4O3S. The molecule has 0 aliphatic carbocycles. The van der Waals surface area contributed by atoms with Crippen LogP contribution in [-0.4, -0.2) is 31.8 Å². The molecule has 0 aliphatic rings. The van der Waals surface area contributed by atoms with E-state index < -0.39 is 11.6 Å². The van der Waals surface area contributed by atoms with Crippen molar-refractivity contribution in [1.29, 1.82) is 0 Å². The minimum absolute atomic E-state index is 0.123. The summed E-state index contributed by atoms with van der Waals surface area (Å²) in [7, 11) is 0. The molecule has 2 amide bonds. The molecule has 0 aliphatic heterocycles. The highest BCUT2D eigenvalue weighted by Gasteiger charge is 2.35. The average molecular weight is 441 g/mol. The molecule has 0 spiro atoms. The van der Waals surface area contributed by atoms with Crippen molar-refractivity contribution in [2.24, 2.45) is 0 Å². The van der Waals surface area contributed by atoms with E-state index >= 15 is 0 Å². The van der Waals surface area contributed by atoms with Crippen LogP contribution in [0.4, 0.5) is 0 Å². The van der Waals surface area contributed by atoms with Gasteiger partial charge in [0.05, 0.1) is 12.8 Å². The van der Waals surface area contributed by atoms with Gasteiger partial charge in [0.1, 0.15) is 11.8 Å². The van der Waals surface area contributed by atoms with Crippen molar-refractivity contribution in [1.82, 2.24) is 19.8 Å². The fraction of sp³-hybridized carbons (Fsp3) is 0.391. The molecule has 7 nitrogen and oxygen atoms in total. The SMILES string of the molecule is CC(C)c1ccc([C@H](C(=O)NC(C)(C)C)N(Cc2ccco2)C(=O)c2csnn2)cc1. The predicted molar refractivity (Wildman–Crippen MR) is 120 cm³/mol. The number of nitrogens with zero attached hydrogens (tertiary/aromatic N) is 3. The van der Waals surface area contributed by atoms with Gasteiger partial charge < -0.3 is 14.6 Å². The predicted octanol–water partition coefficient (Wildman–Crippen LogP) is 4.55. The molecular weight excluding hydrogens is 412 g/mol. The lowest BCUT2D eigenvalue weighted by Gasteiger charge is -2.33. The summed E-state index contributed by atoms with van der Waals surface area (Å²) < 4.78 is 9.30. The molecule has 1 N–H and O–H groups in total. The van der Waals surface area contributed by atoms with Gasteiger partial charge in [-0.15, -0.1) is 5.10 Å². The Morgan fingerprint density at radius 3 is 2.32 bits per heavy atom. The maximum absolute atomic E-state index is 13.5. The minimum Gasteiger partial charge on any atom is -0.467 e. The topological polar surface area (TPSA) is 88.3 Å². The quantitative estimate of drug-likeness (QED) is 0.582. The first-order valence-electron chi connectivity index (χ1n) is 10.2. The summed E-state index contributed by atoms with van der Waals surface area (Å²) in [5.74, 6) is 0.279. The largest absolute Gasteiger partial charge is 0.467 e. The van der Waals surface area contributed by atoms with Crippen molar-refractivity contribution < 1.29 is 14.0 Å². The van der Waals surface area contributed by atoms with Gasteiger partial charge >= 0.3 is 0 Å². The Labute approximate surface area is 186 Å². The highest BCUT2D eigenvalue weighted by Crippen LogP contribution is 2.28. The van der Waals surface area contributed by atoms with Crippen molar-refractivity contribution >= 4 is 23.3 Å². The van der Waals surface area contributed by atoms with Crippen LogP contribution in [0.3, 0.4) is 0 Å². The van der Waals surface area contributed by atoms with Crippen LogP contribution in [0.15, 0.2) is 52.5 Å². The van der Waals surface area contributed by atoms with Crippen molar-refractivity contribution in [3.8, 4) is 0 Å². The summed E-state index contributed by atoms with van der Waals surface area (Å²) in [6.45, 7) is 10.1. The highest BCUT2D eigenvalue weighted by atomic mass is 32.1. The maximum Gasteiger partial charge on any atom is 0.276 e. The van der Waals surface area contributed by atoms with Crippen LogP contribution < -0.4 is 5.32 Å². The molecule has 1 aromatic carbocycles. The Hall–Kier alpha value is -3.00. The van der Waals surface area contributed by atoms with Gasteiger partial charge in [-0.05, 0) is 61.5 Å².